The van der Waals surface area contributed by atoms with Crippen LogP contribution < -0.4 is 20.5 Å². The highest BCUT2D eigenvalue weighted by Crippen LogP contribution is 2.37. The molecule has 3 rings (SSSR count). The number of H-pyrrole nitrogens is 1. The van der Waals surface area contributed by atoms with Gasteiger partial charge in [-0.2, -0.15) is 0 Å². The Morgan fingerprint density at radius 2 is 1.93 bits per heavy atom. The maximum absolute atomic E-state index is 12.7. The summed E-state index contributed by atoms with van der Waals surface area (Å²) in [6, 6.07) is 10.4. The molecule has 0 bridgehead atoms. The number of para-hydroxylation sites is 1. The van der Waals surface area contributed by atoms with E-state index in [9.17, 15) is 4.79 Å². The zero-order valence-electron chi connectivity index (χ0n) is 15.5. The molecule has 3 aromatic rings. The zero-order valence-corrected chi connectivity index (χ0v) is 15.5. The monoisotopic (exact) mass is 369 g/mol. The number of hydrogen-bond donors (Lipinski definition) is 3. The molecule has 0 spiro atoms. The Morgan fingerprint density at radius 3 is 2.63 bits per heavy atom. The maximum Gasteiger partial charge on any atom is 0.333 e. The van der Waals surface area contributed by atoms with Crippen LogP contribution in [-0.4, -0.2) is 31.8 Å². The summed E-state index contributed by atoms with van der Waals surface area (Å²) >= 11 is 0. The number of nitrogen functional groups attached to an aromatic ring is 1. The van der Waals surface area contributed by atoms with Crippen LogP contribution in [0.4, 0.5) is 11.4 Å². The molecule has 1 heterocycles. The van der Waals surface area contributed by atoms with E-state index in [4.69, 9.17) is 19.9 Å². The fraction of sp³-hybridized carbons (Fsp3) is 0.250. The molecule has 0 radical (unpaired) electrons. The minimum Gasteiger partial charge on any atom is -0.495 e. The van der Waals surface area contributed by atoms with E-state index >= 15 is 0 Å². The standard InChI is InChI=1S/C20H23N3O4/c1-4-27-20(24)19(13-11-22-15-8-6-5-7-12(13)15)23-16-10-17(25-2)14(21)9-18(16)26-3/h5-11,19,22-23H,4,21H2,1-3H3. The number of aromatic amines is 1. The number of anilines is 2. The number of carbonyl (C=O) groups excluding carboxylic acids is 1. The molecule has 2 aromatic carbocycles. The molecular weight excluding hydrogens is 346 g/mol. The van der Waals surface area contributed by atoms with Gasteiger partial charge >= 0.3 is 5.97 Å². The van der Waals surface area contributed by atoms with Crippen molar-refractivity contribution in [2.75, 3.05) is 31.9 Å². The van der Waals surface area contributed by atoms with Crippen LogP contribution in [0.2, 0.25) is 0 Å². The minimum atomic E-state index is -0.733. The van der Waals surface area contributed by atoms with E-state index in [1.54, 1.807) is 25.3 Å². The van der Waals surface area contributed by atoms with Crippen molar-refractivity contribution in [3.63, 3.8) is 0 Å². The van der Waals surface area contributed by atoms with Gasteiger partial charge in [-0.15, -0.1) is 0 Å². The molecular formula is C20H23N3O4. The summed E-state index contributed by atoms with van der Waals surface area (Å²) in [5.41, 5.74) is 8.69. The summed E-state index contributed by atoms with van der Waals surface area (Å²) < 4.78 is 16.0. The Kier molecular flexibility index (Phi) is 5.40. The quantitative estimate of drug-likeness (QED) is 0.436. The normalized spacial score (nSPS) is 11.8. The summed E-state index contributed by atoms with van der Waals surface area (Å²) in [5, 5.41) is 4.16. The molecule has 0 saturated carbocycles. The Bertz CT molecular complexity index is 952. The van der Waals surface area contributed by atoms with Gasteiger partial charge in [0, 0.05) is 34.8 Å². The van der Waals surface area contributed by atoms with Crippen molar-refractivity contribution in [1.82, 2.24) is 4.98 Å². The molecule has 142 valence electrons. The smallest absolute Gasteiger partial charge is 0.333 e. The van der Waals surface area contributed by atoms with Crippen LogP contribution in [0.15, 0.2) is 42.6 Å². The number of carbonyl (C=O) groups is 1. The summed E-state index contributed by atoms with van der Waals surface area (Å²) in [6.07, 6.45) is 1.81. The zero-order chi connectivity index (χ0) is 19.4. The van der Waals surface area contributed by atoms with Crippen LogP contribution in [0.1, 0.15) is 18.5 Å². The highest BCUT2D eigenvalue weighted by atomic mass is 16.5. The van der Waals surface area contributed by atoms with E-state index in [-0.39, 0.29) is 12.6 Å². The van der Waals surface area contributed by atoms with Crippen molar-refractivity contribution < 1.29 is 19.0 Å². The summed E-state index contributed by atoms with van der Waals surface area (Å²) in [6.45, 7) is 2.05. The van der Waals surface area contributed by atoms with E-state index < -0.39 is 6.04 Å². The molecule has 1 unspecified atom stereocenters. The van der Waals surface area contributed by atoms with Gasteiger partial charge in [0.2, 0.25) is 0 Å². The van der Waals surface area contributed by atoms with Gasteiger partial charge in [0.25, 0.3) is 0 Å². The summed E-state index contributed by atoms with van der Waals surface area (Å²) in [4.78, 5) is 15.9. The van der Waals surface area contributed by atoms with Gasteiger partial charge in [0.1, 0.15) is 11.5 Å². The number of nitrogens with two attached hydrogens (primary N) is 1. The molecule has 0 aliphatic carbocycles. The highest BCUT2D eigenvalue weighted by Gasteiger charge is 2.26. The van der Waals surface area contributed by atoms with Gasteiger partial charge < -0.3 is 30.2 Å². The summed E-state index contributed by atoms with van der Waals surface area (Å²) in [5.74, 6) is 0.599. The van der Waals surface area contributed by atoms with Crippen LogP contribution in [0, 0.1) is 0 Å². The number of nitrogens with one attached hydrogen (secondary N) is 2. The SMILES string of the molecule is CCOC(=O)C(Nc1cc(OC)c(N)cc1OC)c1c[nH]c2ccccc12. The van der Waals surface area contributed by atoms with Crippen LogP contribution >= 0.6 is 0 Å². The van der Waals surface area contributed by atoms with Crippen LogP contribution in [0.3, 0.4) is 0 Å². The fourth-order valence-electron chi connectivity index (χ4n) is 3.01. The third kappa shape index (κ3) is 3.62. The highest BCUT2D eigenvalue weighted by molar-refractivity contribution is 5.91. The minimum absolute atomic E-state index is 0.279. The second-order valence-electron chi connectivity index (χ2n) is 5.91. The molecule has 0 aliphatic rings. The average Bonchev–Trinajstić information content (AvgIpc) is 3.10. The first-order valence-corrected chi connectivity index (χ1v) is 8.59. The van der Waals surface area contributed by atoms with Gasteiger partial charge in [-0.25, -0.2) is 4.79 Å². The largest absolute Gasteiger partial charge is 0.495 e. The lowest BCUT2D eigenvalue weighted by molar-refractivity contribution is -0.144. The Hall–Kier alpha value is -3.35. The predicted octanol–water partition coefficient (Wildman–Crippen LogP) is 3.48. The van der Waals surface area contributed by atoms with Crippen LogP contribution in [-0.2, 0) is 9.53 Å². The molecule has 7 nitrogen and oxygen atoms in total. The molecule has 1 atom stereocenters. The second-order valence-corrected chi connectivity index (χ2v) is 5.91. The fourth-order valence-corrected chi connectivity index (χ4v) is 3.01. The number of aromatic nitrogens is 1. The number of esters is 1. The predicted molar refractivity (Wildman–Crippen MR) is 105 cm³/mol. The van der Waals surface area contributed by atoms with Crippen molar-refractivity contribution >= 4 is 28.2 Å². The molecule has 0 amide bonds. The van der Waals surface area contributed by atoms with Crippen molar-refractivity contribution in [3.05, 3.63) is 48.2 Å². The van der Waals surface area contributed by atoms with Gasteiger partial charge in [0.05, 0.1) is 32.2 Å². The van der Waals surface area contributed by atoms with E-state index in [0.717, 1.165) is 16.5 Å². The van der Waals surface area contributed by atoms with Crippen molar-refractivity contribution in [3.8, 4) is 11.5 Å². The maximum atomic E-state index is 12.7. The Morgan fingerprint density at radius 1 is 1.19 bits per heavy atom. The third-order valence-corrected chi connectivity index (χ3v) is 4.31. The number of fused-ring (bicyclic) bond motifs is 1. The molecule has 0 saturated heterocycles. The third-order valence-electron chi connectivity index (χ3n) is 4.31. The van der Waals surface area contributed by atoms with Gasteiger partial charge in [-0.3, -0.25) is 0 Å². The van der Waals surface area contributed by atoms with E-state index in [2.05, 4.69) is 10.3 Å². The molecule has 0 aliphatic heterocycles. The molecule has 27 heavy (non-hydrogen) atoms. The first-order chi connectivity index (χ1) is 13.1. The summed E-state index contributed by atoms with van der Waals surface area (Å²) in [7, 11) is 3.07. The van der Waals surface area contributed by atoms with Crippen LogP contribution in [0.5, 0.6) is 11.5 Å². The van der Waals surface area contributed by atoms with Crippen LogP contribution in [0.25, 0.3) is 10.9 Å². The number of methoxy groups -OCH3 is 2. The molecule has 7 heteroatoms. The Labute approximate surface area is 157 Å². The van der Waals surface area contributed by atoms with Gasteiger partial charge in [0.15, 0.2) is 6.04 Å². The Balaban J connectivity index is 2.06. The topological polar surface area (TPSA) is 98.6 Å². The lowest BCUT2D eigenvalue weighted by Crippen LogP contribution is -2.23. The number of ether oxygens (including phenoxy) is 3. The number of rotatable bonds is 7. The molecule has 4 N–H and O–H groups in total. The molecule has 1 aromatic heterocycles. The first kappa shape index (κ1) is 18.4. The van der Waals surface area contributed by atoms with Gasteiger partial charge in [-0.05, 0) is 13.0 Å². The van der Waals surface area contributed by atoms with Crippen molar-refractivity contribution in [1.29, 1.82) is 0 Å². The van der Waals surface area contributed by atoms with E-state index in [1.807, 2.05) is 24.3 Å². The first-order valence-electron chi connectivity index (χ1n) is 8.59. The van der Waals surface area contributed by atoms with Gasteiger partial charge in [-0.1, -0.05) is 18.2 Å². The van der Waals surface area contributed by atoms with Crippen molar-refractivity contribution in [2.24, 2.45) is 0 Å². The lowest BCUT2D eigenvalue weighted by Gasteiger charge is -2.21. The second kappa shape index (κ2) is 7.90. The average molecular weight is 369 g/mol. The number of benzene rings is 2. The molecule has 0 fully saturated rings. The van der Waals surface area contributed by atoms with E-state index in [1.165, 1.54) is 14.2 Å². The van der Waals surface area contributed by atoms with E-state index in [0.29, 0.717) is 22.9 Å². The lowest BCUT2D eigenvalue weighted by atomic mass is 10.0. The number of hydrogen-bond acceptors (Lipinski definition) is 6. The van der Waals surface area contributed by atoms with Crippen molar-refractivity contribution in [2.45, 2.75) is 13.0 Å².